The Morgan fingerprint density at radius 2 is 1.86 bits per heavy atom. The Morgan fingerprint density at radius 3 is 2.67 bits per heavy atom. The number of thioether (sulfide) groups is 1. The van der Waals surface area contributed by atoms with Crippen LogP contribution in [0.5, 0.6) is 11.5 Å². The monoisotopic (exact) mass is 341 g/mol. The predicted octanol–water partition coefficient (Wildman–Crippen LogP) is 5.04. The van der Waals surface area contributed by atoms with E-state index in [1.165, 1.54) is 11.1 Å². The summed E-state index contributed by atoms with van der Waals surface area (Å²) in [4.78, 5) is 0. The standard InChI is InChI=1S/C16H16ClNOS.ClH/c17-11-6-7-13-15(10-11)19-14-5-2-1-4-12(14)16(13)20-9-3-8-18;/h1-2,4-7,10,16H,3,8-9,18H2;1H. The van der Waals surface area contributed by atoms with Gasteiger partial charge in [0.05, 0.1) is 5.25 Å². The van der Waals surface area contributed by atoms with Gasteiger partial charge in [-0.2, -0.15) is 0 Å². The first-order valence-corrected chi connectivity index (χ1v) is 8.10. The van der Waals surface area contributed by atoms with Gasteiger partial charge in [-0.15, -0.1) is 24.2 Å². The molecule has 0 amide bonds. The third-order valence-electron chi connectivity index (χ3n) is 3.31. The second kappa shape index (κ2) is 7.41. The van der Waals surface area contributed by atoms with Crippen molar-refractivity contribution in [2.45, 2.75) is 11.7 Å². The number of benzene rings is 2. The highest BCUT2D eigenvalue weighted by atomic mass is 35.5. The van der Waals surface area contributed by atoms with Crippen LogP contribution in [0.25, 0.3) is 0 Å². The van der Waals surface area contributed by atoms with Crippen LogP contribution in [0.3, 0.4) is 0 Å². The van der Waals surface area contributed by atoms with Crippen molar-refractivity contribution in [1.82, 2.24) is 0 Å². The molecule has 1 unspecified atom stereocenters. The molecule has 2 N–H and O–H groups in total. The Balaban J connectivity index is 0.00000161. The molecule has 0 spiro atoms. The Labute approximate surface area is 140 Å². The van der Waals surface area contributed by atoms with Crippen LogP contribution in [0.4, 0.5) is 0 Å². The van der Waals surface area contributed by atoms with Crippen LogP contribution in [0.2, 0.25) is 5.02 Å². The summed E-state index contributed by atoms with van der Waals surface area (Å²) in [6, 6.07) is 14.1. The van der Waals surface area contributed by atoms with E-state index in [0.717, 1.165) is 30.2 Å². The number of hydrogen-bond acceptors (Lipinski definition) is 3. The van der Waals surface area contributed by atoms with Gasteiger partial charge < -0.3 is 10.5 Å². The lowest BCUT2D eigenvalue weighted by molar-refractivity contribution is 0.459. The average Bonchev–Trinajstić information content (AvgIpc) is 2.46. The predicted molar refractivity (Wildman–Crippen MR) is 93.2 cm³/mol. The van der Waals surface area contributed by atoms with E-state index in [1.54, 1.807) is 0 Å². The third-order valence-corrected chi connectivity index (χ3v) is 4.91. The summed E-state index contributed by atoms with van der Waals surface area (Å²) in [5, 5.41) is 0.993. The number of rotatable bonds is 4. The van der Waals surface area contributed by atoms with E-state index in [2.05, 4.69) is 18.2 Å². The van der Waals surface area contributed by atoms with Crippen molar-refractivity contribution in [3.05, 3.63) is 58.6 Å². The number of para-hydroxylation sites is 1. The van der Waals surface area contributed by atoms with Gasteiger partial charge in [0.2, 0.25) is 0 Å². The Kier molecular flexibility index (Phi) is 5.82. The molecule has 0 aromatic heterocycles. The summed E-state index contributed by atoms with van der Waals surface area (Å²) in [7, 11) is 0. The lowest BCUT2D eigenvalue weighted by Crippen LogP contribution is -2.09. The van der Waals surface area contributed by atoms with E-state index >= 15 is 0 Å². The van der Waals surface area contributed by atoms with Gasteiger partial charge in [0.25, 0.3) is 0 Å². The van der Waals surface area contributed by atoms with Crippen molar-refractivity contribution in [3.8, 4) is 11.5 Å². The molecule has 1 atom stereocenters. The van der Waals surface area contributed by atoms with Crippen LogP contribution < -0.4 is 10.5 Å². The summed E-state index contributed by atoms with van der Waals surface area (Å²) in [5.74, 6) is 2.83. The normalized spacial score (nSPS) is 15.4. The van der Waals surface area contributed by atoms with Crippen molar-refractivity contribution in [2.75, 3.05) is 12.3 Å². The number of hydrogen-bond donors (Lipinski definition) is 1. The fraction of sp³-hybridized carbons (Fsp3) is 0.250. The topological polar surface area (TPSA) is 35.2 Å². The van der Waals surface area contributed by atoms with Gasteiger partial charge in [-0.05, 0) is 36.9 Å². The molecular weight excluding hydrogens is 325 g/mol. The molecular formula is C16H17Cl2NOS. The first kappa shape index (κ1) is 16.5. The number of nitrogens with two attached hydrogens (primary N) is 1. The maximum absolute atomic E-state index is 6.07. The molecule has 0 bridgehead atoms. The Hall–Kier alpha value is -0.870. The van der Waals surface area contributed by atoms with Gasteiger partial charge in [-0.3, -0.25) is 0 Å². The molecule has 112 valence electrons. The largest absolute Gasteiger partial charge is 0.457 e. The van der Waals surface area contributed by atoms with Crippen LogP contribution in [0, 0.1) is 0 Å². The molecule has 3 rings (SSSR count). The number of ether oxygens (including phenoxy) is 1. The SMILES string of the molecule is Cl.NCCCSC1c2ccccc2Oc2cc(Cl)ccc21. The van der Waals surface area contributed by atoms with E-state index in [4.69, 9.17) is 22.1 Å². The van der Waals surface area contributed by atoms with Crippen molar-refractivity contribution < 1.29 is 4.74 Å². The average molecular weight is 342 g/mol. The second-order valence-corrected chi connectivity index (χ2v) is 6.36. The van der Waals surface area contributed by atoms with Crippen LogP contribution >= 0.6 is 35.8 Å². The Morgan fingerprint density at radius 1 is 1.10 bits per heavy atom. The van der Waals surface area contributed by atoms with Gasteiger partial charge in [-0.25, -0.2) is 0 Å². The summed E-state index contributed by atoms with van der Waals surface area (Å²) < 4.78 is 5.97. The van der Waals surface area contributed by atoms with E-state index in [9.17, 15) is 0 Å². The van der Waals surface area contributed by atoms with Crippen LogP contribution in [-0.2, 0) is 0 Å². The summed E-state index contributed by atoms with van der Waals surface area (Å²) in [6.45, 7) is 0.728. The minimum absolute atomic E-state index is 0. The number of fused-ring (bicyclic) bond motifs is 2. The summed E-state index contributed by atoms with van der Waals surface area (Å²) >= 11 is 7.99. The highest BCUT2D eigenvalue weighted by Gasteiger charge is 2.27. The molecule has 2 aromatic rings. The summed E-state index contributed by atoms with van der Waals surface area (Å²) in [5.41, 5.74) is 8.01. The highest BCUT2D eigenvalue weighted by Crippen LogP contribution is 2.49. The molecule has 2 aromatic carbocycles. The molecule has 2 nitrogen and oxygen atoms in total. The molecule has 1 aliphatic heterocycles. The molecule has 0 aliphatic carbocycles. The molecule has 0 saturated heterocycles. The second-order valence-electron chi connectivity index (χ2n) is 4.72. The van der Waals surface area contributed by atoms with Gasteiger partial charge in [0.1, 0.15) is 11.5 Å². The minimum Gasteiger partial charge on any atom is -0.457 e. The lowest BCUT2D eigenvalue weighted by Gasteiger charge is -2.28. The maximum atomic E-state index is 6.07. The maximum Gasteiger partial charge on any atom is 0.133 e. The smallest absolute Gasteiger partial charge is 0.133 e. The first-order valence-electron chi connectivity index (χ1n) is 6.67. The third kappa shape index (κ3) is 3.49. The Bertz CT molecular complexity index is 621. The zero-order valence-electron chi connectivity index (χ0n) is 11.4. The zero-order valence-corrected chi connectivity index (χ0v) is 13.8. The molecule has 1 heterocycles. The molecule has 5 heteroatoms. The molecule has 0 saturated carbocycles. The van der Waals surface area contributed by atoms with Crippen molar-refractivity contribution in [3.63, 3.8) is 0 Å². The van der Waals surface area contributed by atoms with E-state index in [0.29, 0.717) is 10.3 Å². The highest BCUT2D eigenvalue weighted by molar-refractivity contribution is 7.99. The van der Waals surface area contributed by atoms with E-state index < -0.39 is 0 Å². The molecule has 21 heavy (non-hydrogen) atoms. The van der Waals surface area contributed by atoms with E-state index in [1.807, 2.05) is 36.0 Å². The van der Waals surface area contributed by atoms with Crippen molar-refractivity contribution in [2.24, 2.45) is 5.73 Å². The quantitative estimate of drug-likeness (QED) is 0.791. The fourth-order valence-corrected chi connectivity index (χ4v) is 3.83. The molecule has 0 fully saturated rings. The fourth-order valence-electron chi connectivity index (χ4n) is 2.35. The minimum atomic E-state index is 0. The number of halogens is 2. The van der Waals surface area contributed by atoms with Crippen LogP contribution in [-0.4, -0.2) is 12.3 Å². The van der Waals surface area contributed by atoms with E-state index in [-0.39, 0.29) is 12.4 Å². The van der Waals surface area contributed by atoms with Crippen LogP contribution in [0.15, 0.2) is 42.5 Å². The molecule has 0 radical (unpaired) electrons. The van der Waals surface area contributed by atoms with Crippen LogP contribution in [0.1, 0.15) is 22.8 Å². The van der Waals surface area contributed by atoms with Gasteiger partial charge >= 0.3 is 0 Å². The van der Waals surface area contributed by atoms with Crippen molar-refractivity contribution in [1.29, 1.82) is 0 Å². The van der Waals surface area contributed by atoms with Gasteiger partial charge in [-0.1, -0.05) is 35.9 Å². The van der Waals surface area contributed by atoms with Crippen molar-refractivity contribution >= 4 is 35.8 Å². The zero-order chi connectivity index (χ0) is 13.9. The lowest BCUT2D eigenvalue weighted by atomic mass is 10.00. The first-order chi connectivity index (χ1) is 9.79. The van der Waals surface area contributed by atoms with Gasteiger partial charge in [0.15, 0.2) is 0 Å². The molecule has 1 aliphatic rings. The van der Waals surface area contributed by atoms with Gasteiger partial charge in [0, 0.05) is 16.1 Å². The summed E-state index contributed by atoms with van der Waals surface area (Å²) in [6.07, 6.45) is 1.02.